The largest absolute Gasteiger partial charge is 0.389 e. The fraction of sp³-hybridized carbons (Fsp3) is 0.462. The number of rotatable bonds is 2. The highest BCUT2D eigenvalue weighted by Crippen LogP contribution is 2.30. The summed E-state index contributed by atoms with van der Waals surface area (Å²) >= 11 is 8.13. The van der Waals surface area contributed by atoms with E-state index in [0.29, 0.717) is 28.9 Å². The molecule has 2 rings (SSSR count). The minimum Gasteiger partial charge on any atom is -0.389 e. The van der Waals surface area contributed by atoms with Gasteiger partial charge < -0.3 is 15.4 Å². The highest BCUT2D eigenvalue weighted by atomic mass is 79.9. The maximum Gasteiger partial charge on any atom is 0.161 e. The molecular formula is C13H16BrFN2OS. The van der Waals surface area contributed by atoms with Crippen molar-refractivity contribution in [1.29, 1.82) is 0 Å². The third kappa shape index (κ3) is 3.24. The third-order valence-corrected chi connectivity index (χ3v) is 4.12. The second-order valence-corrected chi connectivity index (χ2v) is 5.84. The molecule has 0 spiro atoms. The summed E-state index contributed by atoms with van der Waals surface area (Å²) in [5.41, 5.74) is 6.64. The molecule has 1 aliphatic rings. The second-order valence-electron chi connectivity index (χ2n) is 4.61. The molecule has 1 fully saturated rings. The van der Waals surface area contributed by atoms with Crippen molar-refractivity contribution in [2.75, 3.05) is 24.6 Å². The molecule has 2 N–H and O–H groups in total. The van der Waals surface area contributed by atoms with Crippen molar-refractivity contribution in [2.45, 2.75) is 19.4 Å². The van der Waals surface area contributed by atoms with E-state index >= 15 is 0 Å². The van der Waals surface area contributed by atoms with Crippen LogP contribution < -0.4 is 10.6 Å². The lowest BCUT2D eigenvalue weighted by atomic mass is 10.1. The molecule has 3 nitrogen and oxygen atoms in total. The topological polar surface area (TPSA) is 38.5 Å². The molecule has 0 radical (unpaired) electrons. The van der Waals surface area contributed by atoms with Crippen LogP contribution in [0.15, 0.2) is 16.6 Å². The Labute approximate surface area is 126 Å². The molecule has 1 heterocycles. The lowest BCUT2D eigenvalue weighted by Crippen LogP contribution is -2.31. The average Bonchev–Trinajstić information content (AvgIpc) is 2.56. The van der Waals surface area contributed by atoms with Gasteiger partial charge in [-0.25, -0.2) is 4.39 Å². The molecule has 0 saturated carbocycles. The van der Waals surface area contributed by atoms with Gasteiger partial charge in [-0.3, -0.25) is 0 Å². The van der Waals surface area contributed by atoms with Crippen LogP contribution in [0, 0.1) is 5.82 Å². The molecule has 1 atom stereocenters. The van der Waals surface area contributed by atoms with Crippen LogP contribution in [0.25, 0.3) is 0 Å². The Hall–Kier alpha value is -0.720. The third-order valence-electron chi connectivity index (χ3n) is 3.12. The number of halogens is 2. The van der Waals surface area contributed by atoms with E-state index in [-0.39, 0.29) is 16.9 Å². The first-order chi connectivity index (χ1) is 9.00. The molecule has 1 saturated heterocycles. The molecule has 1 aliphatic heterocycles. The smallest absolute Gasteiger partial charge is 0.161 e. The van der Waals surface area contributed by atoms with Crippen molar-refractivity contribution < 1.29 is 9.13 Å². The van der Waals surface area contributed by atoms with Gasteiger partial charge in [-0.2, -0.15) is 0 Å². The monoisotopic (exact) mass is 346 g/mol. The molecule has 0 amide bonds. The Balaban J connectivity index is 2.34. The first-order valence-electron chi connectivity index (χ1n) is 6.15. The Kier molecular flexibility index (Phi) is 4.76. The first kappa shape index (κ1) is 14.7. The van der Waals surface area contributed by atoms with Gasteiger partial charge in [-0.15, -0.1) is 0 Å². The Morgan fingerprint density at radius 1 is 1.58 bits per heavy atom. The molecule has 1 aromatic rings. The van der Waals surface area contributed by atoms with Crippen LogP contribution >= 0.6 is 28.1 Å². The number of benzene rings is 1. The summed E-state index contributed by atoms with van der Waals surface area (Å²) in [7, 11) is 0. The Bertz CT molecular complexity index is 498. The van der Waals surface area contributed by atoms with Crippen molar-refractivity contribution in [2.24, 2.45) is 5.73 Å². The Morgan fingerprint density at radius 3 is 3.00 bits per heavy atom. The molecule has 0 aromatic heterocycles. The van der Waals surface area contributed by atoms with E-state index in [2.05, 4.69) is 15.9 Å². The van der Waals surface area contributed by atoms with Crippen molar-refractivity contribution >= 4 is 38.8 Å². The minimum atomic E-state index is -0.320. The molecular weight excluding hydrogens is 331 g/mol. The van der Waals surface area contributed by atoms with E-state index in [0.717, 1.165) is 13.0 Å². The van der Waals surface area contributed by atoms with Crippen LogP contribution in [0.4, 0.5) is 10.1 Å². The van der Waals surface area contributed by atoms with E-state index < -0.39 is 0 Å². The molecule has 19 heavy (non-hydrogen) atoms. The predicted octanol–water partition coefficient (Wildman–Crippen LogP) is 2.84. The van der Waals surface area contributed by atoms with E-state index in [4.69, 9.17) is 22.7 Å². The molecule has 1 aromatic carbocycles. The number of anilines is 1. The van der Waals surface area contributed by atoms with Crippen LogP contribution in [-0.4, -0.2) is 30.8 Å². The summed E-state index contributed by atoms with van der Waals surface area (Å²) in [6, 6.07) is 3.48. The van der Waals surface area contributed by atoms with Crippen molar-refractivity contribution in [1.82, 2.24) is 0 Å². The molecule has 1 unspecified atom stereocenters. The van der Waals surface area contributed by atoms with Gasteiger partial charge in [0.1, 0.15) is 4.99 Å². The van der Waals surface area contributed by atoms with Gasteiger partial charge in [0.25, 0.3) is 0 Å². The maximum atomic E-state index is 14.4. The number of hydrogen-bond donors (Lipinski definition) is 1. The summed E-state index contributed by atoms with van der Waals surface area (Å²) in [4.78, 5) is 2.19. The second kappa shape index (κ2) is 6.15. The van der Waals surface area contributed by atoms with Gasteiger partial charge in [0, 0.05) is 25.3 Å². The van der Waals surface area contributed by atoms with Gasteiger partial charge in [0.15, 0.2) is 5.82 Å². The summed E-state index contributed by atoms with van der Waals surface area (Å²) < 4.78 is 20.3. The lowest BCUT2D eigenvalue weighted by molar-refractivity contribution is 0.0820. The molecule has 0 bridgehead atoms. The van der Waals surface area contributed by atoms with Gasteiger partial charge in [-0.05, 0) is 41.4 Å². The van der Waals surface area contributed by atoms with Gasteiger partial charge in [0.05, 0.1) is 16.3 Å². The summed E-state index contributed by atoms with van der Waals surface area (Å²) in [5.74, 6) is -0.320. The normalized spacial score (nSPS) is 20.2. The zero-order valence-electron chi connectivity index (χ0n) is 10.7. The van der Waals surface area contributed by atoms with Crippen molar-refractivity contribution in [3.63, 3.8) is 0 Å². The van der Waals surface area contributed by atoms with Gasteiger partial charge >= 0.3 is 0 Å². The maximum absolute atomic E-state index is 14.4. The summed E-state index contributed by atoms with van der Waals surface area (Å²) in [6.07, 6.45) is 0.981. The first-order valence-corrected chi connectivity index (χ1v) is 7.35. The van der Waals surface area contributed by atoms with Gasteiger partial charge in [-0.1, -0.05) is 12.2 Å². The highest BCUT2D eigenvalue weighted by molar-refractivity contribution is 9.10. The van der Waals surface area contributed by atoms with E-state index in [9.17, 15) is 4.39 Å². The van der Waals surface area contributed by atoms with Gasteiger partial charge in [0.2, 0.25) is 0 Å². The average molecular weight is 347 g/mol. The van der Waals surface area contributed by atoms with Crippen LogP contribution in [0.5, 0.6) is 0 Å². The molecule has 0 aliphatic carbocycles. The minimum absolute atomic E-state index is 0.0935. The summed E-state index contributed by atoms with van der Waals surface area (Å²) in [5, 5.41) is 0. The van der Waals surface area contributed by atoms with Crippen LogP contribution in [0.1, 0.15) is 18.9 Å². The quantitative estimate of drug-likeness (QED) is 0.835. The van der Waals surface area contributed by atoms with E-state index in [1.165, 1.54) is 0 Å². The van der Waals surface area contributed by atoms with Crippen molar-refractivity contribution in [3.05, 3.63) is 28.0 Å². The highest BCUT2D eigenvalue weighted by Gasteiger charge is 2.21. The molecule has 104 valence electrons. The van der Waals surface area contributed by atoms with E-state index in [1.54, 1.807) is 12.1 Å². The number of hydrogen-bond acceptors (Lipinski definition) is 3. The van der Waals surface area contributed by atoms with Crippen LogP contribution in [-0.2, 0) is 4.74 Å². The standard InChI is InChI=1S/C13H16BrFN2OS/c1-8-7-17(5-2-6-18-8)10-4-3-9(13(16)19)11(14)12(10)15/h3-4,8H,2,5-7H2,1H3,(H2,16,19). The Morgan fingerprint density at radius 2 is 2.32 bits per heavy atom. The zero-order chi connectivity index (χ0) is 14.0. The number of ether oxygens (including phenoxy) is 1. The van der Waals surface area contributed by atoms with E-state index in [1.807, 2.05) is 11.8 Å². The number of nitrogens with zero attached hydrogens (tertiary/aromatic N) is 1. The lowest BCUT2D eigenvalue weighted by Gasteiger charge is -2.25. The number of nitrogens with two attached hydrogens (primary N) is 1. The fourth-order valence-corrected chi connectivity index (χ4v) is 3.04. The SMILES string of the molecule is CC1CN(c2ccc(C(N)=S)c(Br)c2F)CCCO1. The zero-order valence-corrected chi connectivity index (χ0v) is 13.1. The van der Waals surface area contributed by atoms with Crippen LogP contribution in [0.3, 0.4) is 0 Å². The fourth-order valence-electron chi connectivity index (χ4n) is 2.19. The predicted molar refractivity (Wildman–Crippen MR) is 82.2 cm³/mol. The van der Waals surface area contributed by atoms with Crippen LogP contribution in [0.2, 0.25) is 0 Å². The van der Waals surface area contributed by atoms with Crippen molar-refractivity contribution in [3.8, 4) is 0 Å². The molecule has 6 heteroatoms. The number of thiocarbonyl (C=S) groups is 1. The summed E-state index contributed by atoms with van der Waals surface area (Å²) in [6.45, 7) is 4.16.